The Kier molecular flexibility index (Phi) is 5.91. The molecule has 2 rings (SSSR count). The van der Waals surface area contributed by atoms with Crippen LogP contribution in [0, 0.1) is 11.8 Å². The van der Waals surface area contributed by atoms with Crippen LogP contribution in [-0.4, -0.2) is 67.8 Å². The lowest BCUT2D eigenvalue weighted by Gasteiger charge is -2.48. The Balaban J connectivity index is 1.68. The van der Waals surface area contributed by atoms with Gasteiger partial charge in [0.1, 0.15) is 0 Å². The zero-order valence-corrected chi connectivity index (χ0v) is 13.1. The van der Waals surface area contributed by atoms with Gasteiger partial charge in [-0.05, 0) is 37.8 Å². The molecule has 21 heavy (non-hydrogen) atoms. The molecule has 1 saturated heterocycles. The summed E-state index contributed by atoms with van der Waals surface area (Å²) < 4.78 is 37.1. The summed E-state index contributed by atoms with van der Waals surface area (Å²) in [5, 5.41) is 3.51. The minimum atomic E-state index is -4.07. The van der Waals surface area contributed by atoms with Crippen molar-refractivity contribution in [3.05, 3.63) is 0 Å². The van der Waals surface area contributed by atoms with Crippen molar-refractivity contribution in [2.75, 3.05) is 45.8 Å². The lowest BCUT2D eigenvalue weighted by atomic mass is 9.78. The van der Waals surface area contributed by atoms with E-state index < -0.39 is 12.7 Å². The maximum atomic E-state index is 12.4. The van der Waals surface area contributed by atoms with Gasteiger partial charge in [0.05, 0.1) is 6.54 Å². The Morgan fingerprint density at radius 3 is 2.24 bits per heavy atom. The summed E-state index contributed by atoms with van der Waals surface area (Å²) in [7, 11) is 0. The molecule has 0 radical (unpaired) electrons. The Hall–Kier alpha value is -0.330. The van der Waals surface area contributed by atoms with Gasteiger partial charge in [0.15, 0.2) is 0 Å². The lowest BCUT2D eigenvalue weighted by Crippen LogP contribution is -2.57. The fourth-order valence-electron chi connectivity index (χ4n) is 3.33. The molecule has 1 aliphatic carbocycles. The van der Waals surface area contributed by atoms with Crippen LogP contribution >= 0.6 is 0 Å². The summed E-state index contributed by atoms with van der Waals surface area (Å²) >= 11 is 0. The highest BCUT2D eigenvalue weighted by molar-refractivity contribution is 4.92. The van der Waals surface area contributed by atoms with E-state index in [-0.39, 0.29) is 0 Å². The normalized spacial score (nSPS) is 28.9. The van der Waals surface area contributed by atoms with E-state index in [4.69, 9.17) is 0 Å². The predicted octanol–water partition coefficient (Wildman–Crippen LogP) is 2.19. The molecule has 0 spiro atoms. The van der Waals surface area contributed by atoms with Crippen molar-refractivity contribution < 1.29 is 13.2 Å². The monoisotopic (exact) mass is 307 g/mol. The summed E-state index contributed by atoms with van der Waals surface area (Å²) in [5.41, 5.74) is 0. The highest BCUT2D eigenvalue weighted by atomic mass is 19.4. The van der Waals surface area contributed by atoms with Gasteiger partial charge in [0, 0.05) is 32.2 Å². The molecular formula is C15H28F3N3. The van der Waals surface area contributed by atoms with Gasteiger partial charge in [-0.3, -0.25) is 9.80 Å². The Morgan fingerprint density at radius 1 is 1.10 bits per heavy atom. The van der Waals surface area contributed by atoms with E-state index in [9.17, 15) is 13.2 Å². The van der Waals surface area contributed by atoms with E-state index in [0.717, 1.165) is 26.2 Å². The average Bonchev–Trinajstić information content (AvgIpc) is 2.33. The second kappa shape index (κ2) is 7.29. The molecule has 1 saturated carbocycles. The minimum absolute atomic E-state index is 0.544. The third-order valence-electron chi connectivity index (χ3n) is 4.62. The molecule has 0 aromatic rings. The topological polar surface area (TPSA) is 18.5 Å². The van der Waals surface area contributed by atoms with Crippen molar-refractivity contribution in [1.29, 1.82) is 0 Å². The molecule has 0 amide bonds. The fraction of sp³-hybridized carbons (Fsp3) is 1.00. The molecule has 6 heteroatoms. The van der Waals surface area contributed by atoms with Crippen molar-refractivity contribution in [1.82, 2.24) is 15.1 Å². The van der Waals surface area contributed by atoms with Gasteiger partial charge in [0.25, 0.3) is 0 Å². The van der Waals surface area contributed by atoms with E-state index in [2.05, 4.69) is 24.1 Å². The first-order valence-electron chi connectivity index (χ1n) is 8.09. The summed E-state index contributed by atoms with van der Waals surface area (Å²) in [6, 6.07) is 0.581. The van der Waals surface area contributed by atoms with E-state index in [1.165, 1.54) is 17.7 Å². The van der Waals surface area contributed by atoms with Crippen LogP contribution in [0.2, 0.25) is 0 Å². The molecule has 2 aliphatic rings. The van der Waals surface area contributed by atoms with Crippen LogP contribution in [0.5, 0.6) is 0 Å². The molecule has 1 heterocycles. The smallest absolute Gasteiger partial charge is 0.316 e. The Labute approximate surface area is 125 Å². The van der Waals surface area contributed by atoms with Gasteiger partial charge in [-0.25, -0.2) is 0 Å². The predicted molar refractivity (Wildman–Crippen MR) is 78.3 cm³/mol. The van der Waals surface area contributed by atoms with Crippen LogP contribution in [0.15, 0.2) is 0 Å². The van der Waals surface area contributed by atoms with Crippen LogP contribution in [0.1, 0.15) is 26.7 Å². The SMILES string of the molecule is CC(C)CNCC1CCC1N1CCN(CC(F)(F)F)CC1. The van der Waals surface area contributed by atoms with Crippen LogP contribution in [0.25, 0.3) is 0 Å². The zero-order valence-electron chi connectivity index (χ0n) is 13.1. The second-order valence-corrected chi connectivity index (χ2v) is 6.88. The number of nitrogens with zero attached hydrogens (tertiary/aromatic N) is 2. The van der Waals surface area contributed by atoms with Crippen molar-refractivity contribution >= 4 is 0 Å². The highest BCUT2D eigenvalue weighted by Gasteiger charge is 2.38. The van der Waals surface area contributed by atoms with Crippen molar-refractivity contribution in [3.8, 4) is 0 Å². The van der Waals surface area contributed by atoms with Gasteiger partial charge >= 0.3 is 6.18 Å². The molecule has 1 aliphatic heterocycles. The second-order valence-electron chi connectivity index (χ2n) is 6.88. The summed E-state index contributed by atoms with van der Waals surface area (Å²) in [5.74, 6) is 1.34. The highest BCUT2D eigenvalue weighted by Crippen LogP contribution is 2.32. The van der Waals surface area contributed by atoms with E-state index in [1.54, 1.807) is 0 Å². The summed E-state index contributed by atoms with van der Waals surface area (Å²) in [4.78, 5) is 3.93. The first-order valence-corrected chi connectivity index (χ1v) is 8.09. The molecule has 2 unspecified atom stereocenters. The summed E-state index contributed by atoms with van der Waals surface area (Å²) in [6.07, 6.45) is -1.62. The Bertz CT molecular complexity index is 312. The third kappa shape index (κ3) is 5.42. The zero-order chi connectivity index (χ0) is 15.5. The molecule has 1 N–H and O–H groups in total. The number of nitrogens with one attached hydrogen (secondary N) is 1. The molecule has 2 fully saturated rings. The first kappa shape index (κ1) is 17.0. The van der Waals surface area contributed by atoms with Crippen LogP contribution in [0.4, 0.5) is 13.2 Å². The number of halogens is 3. The third-order valence-corrected chi connectivity index (χ3v) is 4.62. The van der Waals surface area contributed by atoms with Crippen LogP contribution in [0.3, 0.4) is 0 Å². The maximum absolute atomic E-state index is 12.4. The molecular weight excluding hydrogens is 279 g/mol. The Morgan fingerprint density at radius 2 is 1.76 bits per heavy atom. The summed E-state index contributed by atoms with van der Waals surface area (Å²) in [6.45, 7) is 8.38. The minimum Gasteiger partial charge on any atom is -0.316 e. The van der Waals surface area contributed by atoms with Gasteiger partial charge in [-0.2, -0.15) is 13.2 Å². The number of hydrogen-bond acceptors (Lipinski definition) is 3. The van der Waals surface area contributed by atoms with Crippen LogP contribution in [-0.2, 0) is 0 Å². The van der Waals surface area contributed by atoms with Gasteiger partial charge in [0.2, 0.25) is 0 Å². The molecule has 2 atom stereocenters. The van der Waals surface area contributed by atoms with Crippen molar-refractivity contribution in [2.45, 2.75) is 38.9 Å². The maximum Gasteiger partial charge on any atom is 0.401 e. The van der Waals surface area contributed by atoms with Crippen LogP contribution < -0.4 is 5.32 Å². The molecule has 0 bridgehead atoms. The average molecular weight is 307 g/mol. The fourth-order valence-corrected chi connectivity index (χ4v) is 3.33. The number of alkyl halides is 3. The van der Waals surface area contributed by atoms with Gasteiger partial charge < -0.3 is 5.32 Å². The van der Waals surface area contributed by atoms with Gasteiger partial charge in [-0.15, -0.1) is 0 Å². The van der Waals surface area contributed by atoms with E-state index in [1.807, 2.05) is 0 Å². The van der Waals surface area contributed by atoms with E-state index in [0.29, 0.717) is 31.0 Å². The quantitative estimate of drug-likeness (QED) is 0.811. The first-order chi connectivity index (χ1) is 9.85. The number of piperazine rings is 1. The van der Waals surface area contributed by atoms with Gasteiger partial charge in [-0.1, -0.05) is 13.8 Å². The lowest BCUT2D eigenvalue weighted by molar-refractivity contribution is -0.150. The molecule has 0 aromatic carbocycles. The largest absolute Gasteiger partial charge is 0.401 e. The molecule has 124 valence electrons. The molecule has 0 aromatic heterocycles. The number of hydrogen-bond donors (Lipinski definition) is 1. The molecule has 3 nitrogen and oxygen atoms in total. The van der Waals surface area contributed by atoms with Crippen molar-refractivity contribution in [3.63, 3.8) is 0 Å². The standard InChI is InChI=1S/C15H28F3N3/c1-12(2)9-19-10-13-3-4-14(13)21-7-5-20(6-8-21)11-15(16,17)18/h12-14,19H,3-11H2,1-2H3. The van der Waals surface area contributed by atoms with Crippen molar-refractivity contribution in [2.24, 2.45) is 11.8 Å². The number of rotatable bonds is 6. The van der Waals surface area contributed by atoms with E-state index >= 15 is 0 Å².